The van der Waals surface area contributed by atoms with Gasteiger partial charge in [-0.2, -0.15) is 0 Å². The monoisotopic (exact) mass is 323 g/mol. The van der Waals surface area contributed by atoms with E-state index >= 15 is 0 Å². The van der Waals surface area contributed by atoms with Gasteiger partial charge in [0.1, 0.15) is 0 Å². The zero-order valence-corrected chi connectivity index (χ0v) is 14.4. The number of nitrogens with zero attached hydrogens (tertiary/aromatic N) is 1. The van der Waals surface area contributed by atoms with Crippen molar-refractivity contribution in [2.75, 3.05) is 13.1 Å². The van der Waals surface area contributed by atoms with Crippen LogP contribution in [0.15, 0.2) is 28.7 Å². The van der Waals surface area contributed by atoms with E-state index in [4.69, 9.17) is 0 Å². The number of rotatable bonds is 3. The molecule has 0 saturated heterocycles. The van der Waals surface area contributed by atoms with Crippen LogP contribution in [0.5, 0.6) is 0 Å². The summed E-state index contributed by atoms with van der Waals surface area (Å²) in [6, 6.07) is 8.93. The quantitative estimate of drug-likeness (QED) is 0.756. The molecule has 1 unspecified atom stereocenters. The zero-order valence-electron chi connectivity index (χ0n) is 12.7. The van der Waals surface area contributed by atoms with Crippen LogP contribution in [0.3, 0.4) is 0 Å². The molecule has 2 rings (SSSR count). The minimum absolute atomic E-state index is 0.291. The number of benzene rings is 1. The Morgan fingerprint density at radius 2 is 1.74 bits per heavy atom. The third-order valence-corrected chi connectivity index (χ3v) is 7.36. The van der Waals surface area contributed by atoms with E-state index in [0.29, 0.717) is 25.3 Å². The molecule has 0 radical (unpaired) electrons. The fraction of sp³-hybridized carbons (Fsp3) is 0.529. The molecular weight excluding hydrogens is 297 g/mol. The van der Waals surface area contributed by atoms with Crippen molar-refractivity contribution >= 4 is 21.0 Å². The van der Waals surface area contributed by atoms with Crippen LogP contribution in [0.4, 0.5) is 0 Å². The van der Waals surface area contributed by atoms with Crippen molar-refractivity contribution in [1.29, 1.82) is 0 Å². The van der Waals surface area contributed by atoms with Gasteiger partial charge in [0, 0.05) is 0 Å². The van der Waals surface area contributed by atoms with Gasteiger partial charge in [-0.15, -0.1) is 0 Å². The van der Waals surface area contributed by atoms with Crippen LogP contribution in [-0.4, -0.2) is 32.9 Å². The van der Waals surface area contributed by atoms with Crippen molar-refractivity contribution in [3.05, 3.63) is 39.9 Å². The Hall–Kier alpha value is -0.561. The van der Waals surface area contributed by atoms with Crippen LogP contribution in [0, 0.1) is 5.41 Å². The SMILES string of the molecule is CCN(CC)C1[Se]C(C(C)(C)C)=Cc2ccccc21. The molecule has 2 heteroatoms. The third kappa shape index (κ3) is 3.13. The molecule has 0 fully saturated rings. The number of hydrogen-bond donors (Lipinski definition) is 0. The van der Waals surface area contributed by atoms with Crippen LogP contribution >= 0.6 is 0 Å². The molecule has 1 atom stereocenters. The van der Waals surface area contributed by atoms with E-state index in [1.54, 1.807) is 4.47 Å². The summed E-state index contributed by atoms with van der Waals surface area (Å²) >= 11 is 0.526. The van der Waals surface area contributed by atoms with Gasteiger partial charge in [0.05, 0.1) is 0 Å². The second-order valence-electron chi connectivity index (χ2n) is 6.08. The summed E-state index contributed by atoms with van der Waals surface area (Å²) in [5, 5.41) is 0. The summed E-state index contributed by atoms with van der Waals surface area (Å²) in [5.41, 5.74) is 3.25. The molecular formula is C17H25NSe. The maximum absolute atomic E-state index is 2.61. The van der Waals surface area contributed by atoms with Crippen molar-refractivity contribution in [2.24, 2.45) is 5.41 Å². The first kappa shape index (κ1) is 14.8. The minimum atomic E-state index is 0.291. The molecule has 1 heterocycles. The first-order valence-corrected chi connectivity index (χ1v) is 9.03. The molecule has 0 amide bonds. The zero-order chi connectivity index (χ0) is 14.0. The second kappa shape index (κ2) is 5.83. The van der Waals surface area contributed by atoms with Crippen LogP contribution in [0.1, 0.15) is 50.7 Å². The van der Waals surface area contributed by atoms with Gasteiger partial charge in [0.15, 0.2) is 0 Å². The molecule has 0 spiro atoms. The van der Waals surface area contributed by atoms with Crippen molar-refractivity contribution in [2.45, 2.75) is 39.6 Å². The van der Waals surface area contributed by atoms with E-state index in [1.807, 2.05) is 0 Å². The molecule has 1 nitrogen and oxygen atoms in total. The van der Waals surface area contributed by atoms with Gasteiger partial charge in [0.25, 0.3) is 0 Å². The van der Waals surface area contributed by atoms with Crippen LogP contribution in [0.2, 0.25) is 0 Å². The van der Waals surface area contributed by atoms with Gasteiger partial charge >= 0.3 is 124 Å². The molecule has 19 heavy (non-hydrogen) atoms. The first-order valence-electron chi connectivity index (χ1n) is 7.19. The fourth-order valence-corrected chi connectivity index (χ4v) is 5.76. The molecule has 0 bridgehead atoms. The molecule has 1 aliphatic rings. The van der Waals surface area contributed by atoms with E-state index in [1.165, 1.54) is 11.1 Å². The predicted octanol–water partition coefficient (Wildman–Crippen LogP) is 4.13. The van der Waals surface area contributed by atoms with E-state index < -0.39 is 0 Å². The van der Waals surface area contributed by atoms with Gasteiger partial charge < -0.3 is 0 Å². The Morgan fingerprint density at radius 3 is 2.32 bits per heavy atom. The molecule has 1 aromatic carbocycles. The summed E-state index contributed by atoms with van der Waals surface area (Å²) in [5.74, 6) is 0. The van der Waals surface area contributed by atoms with Gasteiger partial charge in [0.2, 0.25) is 0 Å². The first-order chi connectivity index (χ1) is 8.97. The van der Waals surface area contributed by atoms with Crippen molar-refractivity contribution in [1.82, 2.24) is 4.90 Å². The average molecular weight is 322 g/mol. The summed E-state index contributed by atoms with van der Waals surface area (Å²) in [7, 11) is 0. The van der Waals surface area contributed by atoms with E-state index in [2.05, 4.69) is 69.9 Å². The summed E-state index contributed by atoms with van der Waals surface area (Å²) in [6.45, 7) is 13.8. The predicted molar refractivity (Wildman–Crippen MR) is 85.3 cm³/mol. The fourth-order valence-electron chi connectivity index (χ4n) is 2.45. The van der Waals surface area contributed by atoms with Crippen LogP contribution in [-0.2, 0) is 0 Å². The average Bonchev–Trinajstić information content (AvgIpc) is 2.38. The standard InChI is InChI=1S/C17H25NSe/c1-6-18(7-2)16-14-11-9-8-10-13(14)12-15(19-16)17(3,4)5/h8-12,16H,6-7H2,1-5H3. The van der Waals surface area contributed by atoms with Gasteiger partial charge in [-0.05, 0) is 0 Å². The van der Waals surface area contributed by atoms with Gasteiger partial charge in [-0.1, -0.05) is 0 Å². The maximum atomic E-state index is 2.61. The van der Waals surface area contributed by atoms with E-state index in [9.17, 15) is 0 Å². The van der Waals surface area contributed by atoms with Gasteiger partial charge in [-0.25, -0.2) is 0 Å². The third-order valence-electron chi connectivity index (χ3n) is 3.67. The van der Waals surface area contributed by atoms with Crippen molar-refractivity contribution in [3.8, 4) is 0 Å². The molecule has 1 aliphatic heterocycles. The Balaban J connectivity index is 2.46. The number of fused-ring (bicyclic) bond motifs is 1. The Kier molecular flexibility index (Phi) is 4.55. The van der Waals surface area contributed by atoms with Gasteiger partial charge in [-0.3, -0.25) is 0 Å². The molecule has 0 saturated carbocycles. The number of allylic oxidation sites excluding steroid dienone is 1. The van der Waals surface area contributed by atoms with Crippen LogP contribution < -0.4 is 0 Å². The molecule has 0 N–H and O–H groups in total. The van der Waals surface area contributed by atoms with E-state index in [0.717, 1.165) is 13.1 Å². The van der Waals surface area contributed by atoms with Crippen LogP contribution in [0.25, 0.3) is 6.08 Å². The van der Waals surface area contributed by atoms with Crippen molar-refractivity contribution < 1.29 is 0 Å². The Morgan fingerprint density at radius 1 is 1.11 bits per heavy atom. The summed E-state index contributed by atoms with van der Waals surface area (Å²) in [4.78, 5) is 3.22. The molecule has 104 valence electrons. The molecule has 1 aromatic rings. The summed E-state index contributed by atoms with van der Waals surface area (Å²) in [6.07, 6.45) is 2.44. The van der Waals surface area contributed by atoms with Crippen molar-refractivity contribution in [3.63, 3.8) is 0 Å². The normalized spacial score (nSPS) is 19.3. The molecule has 0 aliphatic carbocycles. The summed E-state index contributed by atoms with van der Waals surface area (Å²) < 4.78 is 1.63. The second-order valence-corrected chi connectivity index (χ2v) is 8.43. The Labute approximate surface area is 124 Å². The number of hydrogen-bond acceptors (Lipinski definition) is 1. The van der Waals surface area contributed by atoms with E-state index in [-0.39, 0.29) is 0 Å². The molecule has 0 aromatic heterocycles. The topological polar surface area (TPSA) is 3.24 Å². The Bertz CT molecular complexity index is 466.